The zero-order valence-electron chi connectivity index (χ0n) is 12.1. The monoisotopic (exact) mass is 287 g/mol. The fourth-order valence-corrected chi connectivity index (χ4v) is 1.72. The third-order valence-corrected chi connectivity index (χ3v) is 2.54. The van der Waals surface area contributed by atoms with Crippen molar-refractivity contribution < 1.29 is 9.53 Å². The van der Waals surface area contributed by atoms with E-state index in [1.165, 1.54) is 6.21 Å². The lowest BCUT2D eigenvalue weighted by Gasteiger charge is -2.18. The molecule has 2 aromatic rings. The normalized spacial score (nSPS) is 11.8. The lowest BCUT2D eigenvalue weighted by Crippen LogP contribution is -2.30. The van der Waals surface area contributed by atoms with Crippen LogP contribution in [0.5, 0.6) is 0 Å². The molecule has 0 fully saturated rings. The number of fused-ring (bicyclic) bond motifs is 1. The lowest BCUT2D eigenvalue weighted by molar-refractivity contribution is 0.0529. The molecule has 0 unspecified atom stereocenters. The van der Waals surface area contributed by atoms with Crippen LogP contribution in [0.25, 0.3) is 10.9 Å². The first kappa shape index (κ1) is 14.8. The van der Waals surface area contributed by atoms with Gasteiger partial charge in [-0.1, -0.05) is 18.2 Å². The van der Waals surface area contributed by atoms with Crippen LogP contribution in [-0.4, -0.2) is 22.9 Å². The number of hydrogen-bond donors (Lipinski definition) is 2. The van der Waals surface area contributed by atoms with E-state index in [0.717, 1.165) is 10.9 Å². The standard InChI is InChI=1S/C15H17N3O3/c1-15(2,3)21-14(20)18-16-9-11-8-10-6-4-5-7-12(10)17-13(11)19/h4-9H,1-3H3,(H,17,19)(H,18,20)/b16-9-. The van der Waals surface area contributed by atoms with Gasteiger partial charge in [0.15, 0.2) is 0 Å². The highest BCUT2D eigenvalue weighted by atomic mass is 16.6. The van der Waals surface area contributed by atoms with Gasteiger partial charge in [-0.05, 0) is 38.3 Å². The molecule has 0 radical (unpaired) electrons. The Hall–Kier alpha value is -2.63. The number of rotatable bonds is 2. The van der Waals surface area contributed by atoms with Crippen LogP contribution in [0.15, 0.2) is 40.2 Å². The molecule has 6 heteroatoms. The molecular weight excluding hydrogens is 270 g/mol. The summed E-state index contributed by atoms with van der Waals surface area (Å²) in [5, 5.41) is 4.61. The van der Waals surface area contributed by atoms with Gasteiger partial charge in [0.05, 0.1) is 11.8 Å². The van der Waals surface area contributed by atoms with E-state index in [4.69, 9.17) is 4.74 Å². The maximum Gasteiger partial charge on any atom is 0.428 e. The summed E-state index contributed by atoms with van der Waals surface area (Å²) in [7, 11) is 0. The van der Waals surface area contributed by atoms with Crippen molar-refractivity contribution >= 4 is 23.2 Å². The van der Waals surface area contributed by atoms with E-state index in [0.29, 0.717) is 5.56 Å². The van der Waals surface area contributed by atoms with Crippen LogP contribution >= 0.6 is 0 Å². The number of carbonyl (C=O) groups excluding carboxylic acids is 1. The number of hydrogen-bond acceptors (Lipinski definition) is 4. The predicted octanol–water partition coefficient (Wildman–Crippen LogP) is 2.39. The van der Waals surface area contributed by atoms with Crippen molar-refractivity contribution in [3.05, 3.63) is 46.2 Å². The number of pyridine rings is 1. The third kappa shape index (κ3) is 4.17. The molecule has 1 aromatic heterocycles. The molecule has 1 aromatic carbocycles. The number of carbonyl (C=O) groups is 1. The highest BCUT2D eigenvalue weighted by molar-refractivity contribution is 5.87. The van der Waals surface area contributed by atoms with Crippen LogP contribution < -0.4 is 11.0 Å². The van der Waals surface area contributed by atoms with Gasteiger partial charge in [0.2, 0.25) is 0 Å². The molecule has 110 valence electrons. The molecule has 0 aliphatic heterocycles. The number of H-pyrrole nitrogens is 1. The maximum atomic E-state index is 11.8. The van der Waals surface area contributed by atoms with E-state index in [1.54, 1.807) is 26.8 Å². The molecule has 2 rings (SSSR count). The Bertz CT molecular complexity index is 742. The first-order chi connectivity index (χ1) is 9.85. The number of nitrogens with one attached hydrogen (secondary N) is 2. The number of nitrogens with zero attached hydrogens (tertiary/aromatic N) is 1. The predicted molar refractivity (Wildman–Crippen MR) is 81.5 cm³/mol. The summed E-state index contributed by atoms with van der Waals surface area (Å²) < 4.78 is 5.03. The van der Waals surface area contributed by atoms with Gasteiger partial charge in [0.25, 0.3) is 5.56 Å². The zero-order valence-corrected chi connectivity index (χ0v) is 12.1. The Balaban J connectivity index is 2.13. The average molecular weight is 287 g/mol. The van der Waals surface area contributed by atoms with Crippen LogP contribution in [0.4, 0.5) is 4.79 Å². The number of hydrazone groups is 1. The average Bonchev–Trinajstić information content (AvgIpc) is 2.37. The van der Waals surface area contributed by atoms with Crippen molar-refractivity contribution in [1.82, 2.24) is 10.4 Å². The molecule has 0 saturated carbocycles. The van der Waals surface area contributed by atoms with Gasteiger partial charge < -0.3 is 9.72 Å². The van der Waals surface area contributed by atoms with Crippen molar-refractivity contribution in [1.29, 1.82) is 0 Å². The van der Waals surface area contributed by atoms with Gasteiger partial charge in [-0.25, -0.2) is 10.2 Å². The lowest BCUT2D eigenvalue weighted by atomic mass is 10.2. The summed E-state index contributed by atoms with van der Waals surface area (Å²) >= 11 is 0. The quantitative estimate of drug-likeness (QED) is 0.657. The van der Waals surface area contributed by atoms with Crippen molar-refractivity contribution in [2.24, 2.45) is 5.10 Å². The summed E-state index contributed by atoms with van der Waals surface area (Å²) in [6, 6.07) is 9.12. The van der Waals surface area contributed by atoms with Crippen LogP contribution in [-0.2, 0) is 4.74 Å². The van der Waals surface area contributed by atoms with Crippen molar-refractivity contribution in [3.8, 4) is 0 Å². The van der Waals surface area contributed by atoms with Crippen LogP contribution in [0.3, 0.4) is 0 Å². The second-order valence-electron chi connectivity index (χ2n) is 5.51. The molecular formula is C15H17N3O3. The Morgan fingerprint density at radius 2 is 2.05 bits per heavy atom. The second-order valence-corrected chi connectivity index (χ2v) is 5.51. The Morgan fingerprint density at radius 3 is 2.76 bits per heavy atom. The molecule has 0 bridgehead atoms. The molecule has 0 aliphatic rings. The van der Waals surface area contributed by atoms with Crippen LogP contribution in [0, 0.1) is 0 Å². The summed E-state index contributed by atoms with van der Waals surface area (Å²) in [5.41, 5.74) is 2.45. The number of ether oxygens (including phenoxy) is 1. The number of amides is 1. The number of aromatic nitrogens is 1. The van der Waals surface area contributed by atoms with Crippen molar-refractivity contribution in [2.45, 2.75) is 26.4 Å². The van der Waals surface area contributed by atoms with Crippen LogP contribution in [0.1, 0.15) is 26.3 Å². The molecule has 2 N–H and O–H groups in total. The molecule has 0 saturated heterocycles. The smallest absolute Gasteiger partial charge is 0.428 e. The summed E-state index contributed by atoms with van der Waals surface area (Å²) in [6.45, 7) is 5.26. The molecule has 6 nitrogen and oxygen atoms in total. The third-order valence-electron chi connectivity index (χ3n) is 2.54. The minimum absolute atomic E-state index is 0.275. The number of para-hydroxylation sites is 1. The minimum atomic E-state index is -0.670. The zero-order chi connectivity index (χ0) is 15.5. The molecule has 0 atom stereocenters. The van der Waals surface area contributed by atoms with E-state index in [-0.39, 0.29) is 5.56 Å². The van der Waals surface area contributed by atoms with Gasteiger partial charge in [0, 0.05) is 5.52 Å². The van der Waals surface area contributed by atoms with Crippen LogP contribution in [0.2, 0.25) is 0 Å². The fraction of sp³-hybridized carbons (Fsp3) is 0.267. The Kier molecular flexibility index (Phi) is 4.07. The highest BCUT2D eigenvalue weighted by Gasteiger charge is 2.15. The van der Waals surface area contributed by atoms with E-state index in [9.17, 15) is 9.59 Å². The molecule has 21 heavy (non-hydrogen) atoms. The second kappa shape index (κ2) is 5.78. The number of aromatic amines is 1. The van der Waals surface area contributed by atoms with Crippen molar-refractivity contribution in [3.63, 3.8) is 0 Å². The van der Waals surface area contributed by atoms with Gasteiger partial charge in [-0.3, -0.25) is 4.79 Å². The van der Waals surface area contributed by atoms with Gasteiger partial charge in [-0.15, -0.1) is 0 Å². The fourth-order valence-electron chi connectivity index (χ4n) is 1.72. The van der Waals surface area contributed by atoms with Crippen molar-refractivity contribution in [2.75, 3.05) is 0 Å². The van der Waals surface area contributed by atoms with E-state index >= 15 is 0 Å². The van der Waals surface area contributed by atoms with Gasteiger partial charge in [-0.2, -0.15) is 5.10 Å². The number of benzene rings is 1. The van der Waals surface area contributed by atoms with E-state index < -0.39 is 11.7 Å². The first-order valence-electron chi connectivity index (χ1n) is 6.49. The minimum Gasteiger partial charge on any atom is -0.443 e. The van der Waals surface area contributed by atoms with Gasteiger partial charge >= 0.3 is 6.09 Å². The SMILES string of the molecule is CC(C)(C)OC(=O)N/N=C\c1cc2ccccc2[nH]c1=O. The molecule has 0 aliphatic carbocycles. The highest BCUT2D eigenvalue weighted by Crippen LogP contribution is 2.09. The molecule has 1 heterocycles. The Morgan fingerprint density at radius 1 is 1.33 bits per heavy atom. The molecule has 0 spiro atoms. The first-order valence-corrected chi connectivity index (χ1v) is 6.49. The summed E-state index contributed by atoms with van der Waals surface area (Å²) in [5.74, 6) is 0. The topological polar surface area (TPSA) is 83.5 Å². The van der Waals surface area contributed by atoms with Gasteiger partial charge in [0.1, 0.15) is 5.60 Å². The van der Waals surface area contributed by atoms with E-state index in [2.05, 4.69) is 15.5 Å². The largest absolute Gasteiger partial charge is 0.443 e. The summed E-state index contributed by atoms with van der Waals surface area (Å²) in [4.78, 5) is 26.0. The molecule has 1 amide bonds. The Labute approximate surface area is 121 Å². The maximum absolute atomic E-state index is 11.8. The van der Waals surface area contributed by atoms with E-state index in [1.807, 2.05) is 24.3 Å². The summed E-state index contributed by atoms with van der Waals surface area (Å²) in [6.07, 6.45) is 0.616.